The van der Waals surface area contributed by atoms with Crippen LogP contribution in [0.5, 0.6) is 5.75 Å². The normalized spacial score (nSPS) is 16.7. The van der Waals surface area contributed by atoms with Crippen molar-refractivity contribution in [2.75, 3.05) is 13.7 Å². The molecule has 3 rings (SSSR count). The highest BCUT2D eigenvalue weighted by Crippen LogP contribution is 2.27. The SMILES string of the molecule is COc1ccccc1CC1CCCN1C(=O)c1ccc(C(=O)O)nc1. The van der Waals surface area contributed by atoms with E-state index >= 15 is 0 Å². The average Bonchev–Trinajstić information content (AvgIpc) is 3.09. The van der Waals surface area contributed by atoms with E-state index < -0.39 is 5.97 Å². The molecule has 1 aromatic carbocycles. The molecular formula is C19H20N2O4. The van der Waals surface area contributed by atoms with Crippen LogP contribution in [0.1, 0.15) is 39.3 Å². The van der Waals surface area contributed by atoms with Crippen LogP contribution in [-0.4, -0.2) is 46.6 Å². The van der Waals surface area contributed by atoms with Crippen molar-refractivity contribution in [3.63, 3.8) is 0 Å². The lowest BCUT2D eigenvalue weighted by Crippen LogP contribution is -2.37. The van der Waals surface area contributed by atoms with Crippen LogP contribution in [0.15, 0.2) is 42.6 Å². The first kappa shape index (κ1) is 17.0. The van der Waals surface area contributed by atoms with E-state index in [1.807, 2.05) is 29.2 Å². The molecule has 1 N–H and O–H groups in total. The first-order valence-electron chi connectivity index (χ1n) is 8.22. The number of nitrogens with zero attached hydrogens (tertiary/aromatic N) is 2. The molecule has 2 aromatic rings. The summed E-state index contributed by atoms with van der Waals surface area (Å²) in [7, 11) is 1.64. The summed E-state index contributed by atoms with van der Waals surface area (Å²) in [5.41, 5.74) is 1.43. The van der Waals surface area contributed by atoms with Gasteiger partial charge in [0, 0.05) is 18.8 Å². The summed E-state index contributed by atoms with van der Waals surface area (Å²) in [6.07, 6.45) is 3.96. The molecule has 0 bridgehead atoms. The van der Waals surface area contributed by atoms with Gasteiger partial charge in [-0.1, -0.05) is 18.2 Å². The number of carboxylic acids is 1. The largest absolute Gasteiger partial charge is 0.496 e. The van der Waals surface area contributed by atoms with E-state index in [1.165, 1.54) is 18.3 Å². The van der Waals surface area contributed by atoms with Crippen LogP contribution in [0.25, 0.3) is 0 Å². The van der Waals surface area contributed by atoms with E-state index in [4.69, 9.17) is 9.84 Å². The molecule has 25 heavy (non-hydrogen) atoms. The Kier molecular flexibility index (Phi) is 4.97. The molecule has 2 heterocycles. The van der Waals surface area contributed by atoms with Crippen LogP contribution < -0.4 is 4.74 Å². The summed E-state index contributed by atoms with van der Waals surface area (Å²) in [5, 5.41) is 8.91. The van der Waals surface area contributed by atoms with Crippen LogP contribution in [0, 0.1) is 0 Å². The fourth-order valence-corrected chi connectivity index (χ4v) is 3.25. The highest BCUT2D eigenvalue weighted by atomic mass is 16.5. The highest BCUT2D eigenvalue weighted by molar-refractivity contribution is 5.95. The predicted molar refractivity (Wildman–Crippen MR) is 92.0 cm³/mol. The maximum absolute atomic E-state index is 12.8. The molecular weight excluding hydrogens is 320 g/mol. The number of carboxylic acid groups (broad SMARTS) is 1. The number of methoxy groups -OCH3 is 1. The number of rotatable bonds is 5. The molecule has 0 spiro atoms. The minimum absolute atomic E-state index is 0.0662. The second-order valence-corrected chi connectivity index (χ2v) is 6.05. The third kappa shape index (κ3) is 3.63. The first-order valence-corrected chi connectivity index (χ1v) is 8.22. The van der Waals surface area contributed by atoms with Gasteiger partial charge in [-0.2, -0.15) is 0 Å². The molecule has 130 valence electrons. The van der Waals surface area contributed by atoms with Crippen molar-refractivity contribution in [2.45, 2.75) is 25.3 Å². The third-order valence-electron chi connectivity index (χ3n) is 4.52. The van der Waals surface area contributed by atoms with Crippen molar-refractivity contribution in [2.24, 2.45) is 0 Å². The monoisotopic (exact) mass is 340 g/mol. The van der Waals surface area contributed by atoms with Crippen molar-refractivity contribution >= 4 is 11.9 Å². The lowest BCUT2D eigenvalue weighted by Gasteiger charge is -2.25. The van der Waals surface area contributed by atoms with Crippen LogP contribution in [-0.2, 0) is 6.42 Å². The number of aromatic carboxylic acids is 1. The summed E-state index contributed by atoms with van der Waals surface area (Å²) in [5.74, 6) is -0.384. The Morgan fingerprint density at radius 1 is 1.28 bits per heavy atom. The van der Waals surface area contributed by atoms with Gasteiger partial charge in [0.15, 0.2) is 0 Å². The van der Waals surface area contributed by atoms with Crippen LogP contribution >= 0.6 is 0 Å². The number of amides is 1. The number of hydrogen-bond donors (Lipinski definition) is 1. The van der Waals surface area contributed by atoms with Crippen molar-refractivity contribution in [1.82, 2.24) is 9.88 Å². The molecule has 1 unspecified atom stereocenters. The summed E-state index contributed by atoms with van der Waals surface area (Å²) in [6, 6.07) is 10.8. The molecule has 0 radical (unpaired) electrons. The zero-order valence-electron chi connectivity index (χ0n) is 14.0. The molecule has 6 heteroatoms. The molecule has 1 aromatic heterocycles. The highest BCUT2D eigenvalue weighted by Gasteiger charge is 2.30. The molecule has 1 amide bonds. The molecule has 1 aliphatic heterocycles. The standard InChI is InChI=1S/C19H20N2O4/c1-25-17-7-3-2-5-13(17)11-15-6-4-10-21(15)18(22)14-8-9-16(19(23)24)20-12-14/h2-3,5,7-9,12,15H,4,6,10-11H2,1H3,(H,23,24). The number of carbonyl (C=O) groups is 2. The summed E-state index contributed by atoms with van der Waals surface area (Å²) < 4.78 is 5.40. The number of benzene rings is 1. The Labute approximate surface area is 146 Å². The van der Waals surface area contributed by atoms with E-state index in [9.17, 15) is 9.59 Å². The van der Waals surface area contributed by atoms with Gasteiger partial charge in [-0.15, -0.1) is 0 Å². The van der Waals surface area contributed by atoms with Gasteiger partial charge in [0.1, 0.15) is 11.4 Å². The van der Waals surface area contributed by atoms with Crippen molar-refractivity contribution in [1.29, 1.82) is 0 Å². The van der Waals surface area contributed by atoms with E-state index in [-0.39, 0.29) is 17.6 Å². The van der Waals surface area contributed by atoms with Gasteiger partial charge in [-0.3, -0.25) is 4.79 Å². The van der Waals surface area contributed by atoms with Crippen molar-refractivity contribution in [3.8, 4) is 5.75 Å². The molecule has 0 aliphatic carbocycles. The number of carbonyl (C=O) groups excluding carboxylic acids is 1. The second kappa shape index (κ2) is 7.34. The van der Waals surface area contributed by atoms with E-state index in [0.717, 1.165) is 30.6 Å². The number of aromatic nitrogens is 1. The zero-order chi connectivity index (χ0) is 17.8. The van der Waals surface area contributed by atoms with Gasteiger partial charge in [-0.05, 0) is 43.0 Å². The Hall–Kier alpha value is -2.89. The summed E-state index contributed by atoms with van der Waals surface area (Å²) >= 11 is 0. The maximum atomic E-state index is 12.8. The van der Waals surface area contributed by atoms with Crippen LogP contribution in [0.4, 0.5) is 0 Å². The molecule has 1 saturated heterocycles. The lowest BCUT2D eigenvalue weighted by atomic mass is 10.0. The van der Waals surface area contributed by atoms with Gasteiger partial charge in [-0.25, -0.2) is 9.78 Å². The average molecular weight is 340 g/mol. The molecule has 0 saturated carbocycles. The fraction of sp³-hybridized carbons (Fsp3) is 0.316. The number of likely N-dealkylation sites (tertiary alicyclic amines) is 1. The van der Waals surface area contributed by atoms with Gasteiger partial charge >= 0.3 is 5.97 Å². The minimum atomic E-state index is -1.10. The Morgan fingerprint density at radius 3 is 2.76 bits per heavy atom. The summed E-state index contributed by atoms with van der Waals surface area (Å²) in [6.45, 7) is 0.694. The van der Waals surface area contributed by atoms with E-state index in [1.54, 1.807) is 7.11 Å². The quantitative estimate of drug-likeness (QED) is 0.905. The molecule has 6 nitrogen and oxygen atoms in total. The van der Waals surface area contributed by atoms with Crippen molar-refractivity contribution in [3.05, 3.63) is 59.4 Å². The van der Waals surface area contributed by atoms with Crippen LogP contribution in [0.3, 0.4) is 0 Å². The third-order valence-corrected chi connectivity index (χ3v) is 4.52. The van der Waals surface area contributed by atoms with Gasteiger partial charge in [0.05, 0.1) is 12.7 Å². The number of para-hydroxylation sites is 1. The number of ether oxygens (including phenoxy) is 1. The zero-order valence-corrected chi connectivity index (χ0v) is 14.0. The fourth-order valence-electron chi connectivity index (χ4n) is 3.25. The maximum Gasteiger partial charge on any atom is 0.354 e. The van der Waals surface area contributed by atoms with Gasteiger partial charge < -0.3 is 14.7 Å². The summed E-state index contributed by atoms with van der Waals surface area (Å²) in [4.78, 5) is 29.4. The Bertz CT molecular complexity index is 773. The number of pyridine rings is 1. The smallest absolute Gasteiger partial charge is 0.354 e. The second-order valence-electron chi connectivity index (χ2n) is 6.05. The van der Waals surface area contributed by atoms with Crippen molar-refractivity contribution < 1.29 is 19.4 Å². The first-order chi connectivity index (χ1) is 12.1. The predicted octanol–water partition coefficient (Wildman–Crippen LogP) is 2.64. The Morgan fingerprint density at radius 2 is 2.08 bits per heavy atom. The van der Waals surface area contributed by atoms with E-state index in [0.29, 0.717) is 12.1 Å². The van der Waals surface area contributed by atoms with Gasteiger partial charge in [0.2, 0.25) is 0 Å². The van der Waals surface area contributed by atoms with Gasteiger partial charge in [0.25, 0.3) is 5.91 Å². The van der Waals surface area contributed by atoms with E-state index in [2.05, 4.69) is 4.98 Å². The Balaban J connectivity index is 1.76. The molecule has 1 aliphatic rings. The molecule has 1 fully saturated rings. The topological polar surface area (TPSA) is 79.7 Å². The lowest BCUT2D eigenvalue weighted by molar-refractivity contribution is 0.0685. The van der Waals surface area contributed by atoms with Crippen LogP contribution in [0.2, 0.25) is 0 Å². The molecule has 1 atom stereocenters. The minimum Gasteiger partial charge on any atom is -0.496 e. The number of hydrogen-bond acceptors (Lipinski definition) is 4.